The number of methoxy groups -OCH3 is 1. The van der Waals surface area contributed by atoms with Crippen molar-refractivity contribution in [3.8, 4) is 10.6 Å². The maximum absolute atomic E-state index is 11.3. The normalized spacial score (nSPS) is 10.3. The molecule has 1 heterocycles. The van der Waals surface area contributed by atoms with E-state index in [1.165, 1.54) is 29.6 Å². The van der Waals surface area contributed by atoms with Crippen LogP contribution in [0.5, 0.6) is 0 Å². The summed E-state index contributed by atoms with van der Waals surface area (Å²) in [5.74, 6) is -0.335. The lowest BCUT2D eigenvalue weighted by Gasteiger charge is -2.01. The van der Waals surface area contributed by atoms with Gasteiger partial charge in [-0.05, 0) is 26.0 Å². The van der Waals surface area contributed by atoms with Gasteiger partial charge in [-0.2, -0.15) is 0 Å². The van der Waals surface area contributed by atoms with Gasteiger partial charge in [-0.3, -0.25) is 0 Å². The number of thiazole rings is 1. The summed E-state index contributed by atoms with van der Waals surface area (Å²) in [6, 6.07) is 6.23. The first-order chi connectivity index (χ1) is 8.10. The summed E-state index contributed by atoms with van der Waals surface area (Å²) >= 11 is 1.35. The van der Waals surface area contributed by atoms with Crippen LogP contribution in [0, 0.1) is 13.8 Å². The van der Waals surface area contributed by atoms with Gasteiger partial charge in [0.25, 0.3) is 0 Å². The van der Waals surface area contributed by atoms with Gasteiger partial charge in [-0.15, -0.1) is 11.3 Å². The molecule has 0 bridgehead atoms. The molecular formula is C13H13NO2S. The van der Waals surface area contributed by atoms with Crippen LogP contribution in [0.1, 0.15) is 20.8 Å². The fourth-order valence-corrected chi connectivity index (χ4v) is 2.52. The maximum atomic E-state index is 11.3. The summed E-state index contributed by atoms with van der Waals surface area (Å²) in [5, 5.41) is 0.845. The number of nitrogens with zero attached hydrogens (tertiary/aromatic N) is 1. The zero-order chi connectivity index (χ0) is 12.4. The molecule has 0 amide bonds. The number of esters is 1. The van der Waals surface area contributed by atoms with Crippen LogP contribution in [0.2, 0.25) is 0 Å². The van der Waals surface area contributed by atoms with Gasteiger partial charge in [0.1, 0.15) is 9.88 Å². The van der Waals surface area contributed by atoms with E-state index in [4.69, 9.17) is 0 Å². The predicted octanol–water partition coefficient (Wildman–Crippen LogP) is 3.21. The monoisotopic (exact) mass is 247 g/mol. The van der Waals surface area contributed by atoms with Crippen molar-refractivity contribution >= 4 is 17.3 Å². The third-order valence-corrected chi connectivity index (χ3v) is 3.39. The van der Waals surface area contributed by atoms with E-state index in [0.29, 0.717) is 4.88 Å². The van der Waals surface area contributed by atoms with Crippen molar-refractivity contribution in [2.24, 2.45) is 0 Å². The van der Waals surface area contributed by atoms with E-state index in [1.54, 1.807) is 6.20 Å². The molecule has 2 rings (SSSR count). The summed E-state index contributed by atoms with van der Waals surface area (Å²) in [7, 11) is 1.37. The second kappa shape index (κ2) is 4.67. The molecule has 0 saturated carbocycles. The molecule has 0 aliphatic heterocycles. The smallest absolute Gasteiger partial charge is 0.349 e. The largest absolute Gasteiger partial charge is 0.465 e. The van der Waals surface area contributed by atoms with Gasteiger partial charge >= 0.3 is 5.97 Å². The van der Waals surface area contributed by atoms with Crippen LogP contribution in [0.15, 0.2) is 24.4 Å². The highest BCUT2D eigenvalue weighted by Crippen LogP contribution is 2.27. The molecule has 3 nitrogen and oxygen atoms in total. The lowest BCUT2D eigenvalue weighted by atomic mass is 10.1. The van der Waals surface area contributed by atoms with E-state index in [2.05, 4.69) is 27.9 Å². The summed E-state index contributed by atoms with van der Waals surface area (Å²) in [6.45, 7) is 4.09. The second-order valence-corrected chi connectivity index (χ2v) is 4.93. The standard InChI is InChI=1S/C13H13NO2S/c1-8-4-9(2)6-10(5-8)12-14-7-11(17-12)13(15)16-3/h4-7H,1-3H3. The maximum Gasteiger partial charge on any atom is 0.349 e. The topological polar surface area (TPSA) is 39.2 Å². The number of carbonyl (C=O) groups is 1. The third-order valence-electron chi connectivity index (χ3n) is 2.36. The molecule has 0 unspecified atom stereocenters. The van der Waals surface area contributed by atoms with E-state index in [1.807, 2.05) is 13.8 Å². The molecule has 88 valence electrons. The molecule has 2 aromatic rings. The highest BCUT2D eigenvalue weighted by molar-refractivity contribution is 7.16. The molecule has 0 N–H and O–H groups in total. The fraction of sp³-hybridized carbons (Fsp3) is 0.231. The molecule has 0 aliphatic carbocycles. The van der Waals surface area contributed by atoms with Crippen molar-refractivity contribution in [1.82, 2.24) is 4.98 Å². The minimum absolute atomic E-state index is 0.335. The first-order valence-corrected chi connectivity index (χ1v) is 6.04. The second-order valence-electron chi connectivity index (χ2n) is 3.90. The molecule has 0 atom stereocenters. The number of carbonyl (C=O) groups excluding carboxylic acids is 1. The SMILES string of the molecule is COC(=O)c1cnc(-c2cc(C)cc(C)c2)s1. The van der Waals surface area contributed by atoms with Crippen molar-refractivity contribution in [2.75, 3.05) is 7.11 Å². The average molecular weight is 247 g/mol. The Bertz CT molecular complexity index is 540. The van der Waals surface area contributed by atoms with Gasteiger partial charge < -0.3 is 4.74 Å². The molecule has 4 heteroatoms. The van der Waals surface area contributed by atoms with Crippen molar-refractivity contribution < 1.29 is 9.53 Å². The molecule has 1 aromatic carbocycles. The van der Waals surface area contributed by atoms with Crippen LogP contribution >= 0.6 is 11.3 Å². The summed E-state index contributed by atoms with van der Waals surface area (Å²) in [5.41, 5.74) is 3.42. The van der Waals surface area contributed by atoms with Gasteiger partial charge in [0.2, 0.25) is 0 Å². The first-order valence-electron chi connectivity index (χ1n) is 5.23. The Morgan fingerprint density at radius 2 is 1.88 bits per heavy atom. The van der Waals surface area contributed by atoms with Crippen molar-refractivity contribution in [3.05, 3.63) is 40.4 Å². The number of hydrogen-bond donors (Lipinski definition) is 0. The highest BCUT2D eigenvalue weighted by Gasteiger charge is 2.11. The van der Waals surface area contributed by atoms with Crippen LogP contribution in [-0.2, 0) is 4.74 Å². The van der Waals surface area contributed by atoms with Crippen molar-refractivity contribution in [3.63, 3.8) is 0 Å². The average Bonchev–Trinajstić information content (AvgIpc) is 2.76. The first kappa shape index (κ1) is 11.8. The van der Waals surface area contributed by atoms with E-state index in [9.17, 15) is 4.79 Å². The quantitative estimate of drug-likeness (QED) is 0.765. The Morgan fingerprint density at radius 3 is 2.47 bits per heavy atom. The van der Waals surface area contributed by atoms with E-state index < -0.39 is 0 Å². The minimum atomic E-state index is -0.335. The molecule has 1 aromatic heterocycles. The molecule has 17 heavy (non-hydrogen) atoms. The van der Waals surface area contributed by atoms with Gasteiger partial charge in [0, 0.05) is 5.56 Å². The predicted molar refractivity (Wildman–Crippen MR) is 68.4 cm³/mol. The number of aryl methyl sites for hydroxylation is 2. The van der Waals surface area contributed by atoms with Gasteiger partial charge in [0.15, 0.2) is 0 Å². The number of aromatic nitrogens is 1. The van der Waals surface area contributed by atoms with Crippen LogP contribution in [0.25, 0.3) is 10.6 Å². The lowest BCUT2D eigenvalue weighted by molar-refractivity contribution is 0.0606. The van der Waals surface area contributed by atoms with Crippen LogP contribution in [0.3, 0.4) is 0 Å². The fourth-order valence-electron chi connectivity index (χ4n) is 1.70. The molecular weight excluding hydrogens is 234 g/mol. The Kier molecular flexibility index (Phi) is 3.24. The molecule has 0 radical (unpaired) electrons. The number of hydrogen-bond acceptors (Lipinski definition) is 4. The zero-order valence-electron chi connectivity index (χ0n) is 9.98. The molecule has 0 aliphatic rings. The van der Waals surface area contributed by atoms with Crippen LogP contribution < -0.4 is 0 Å². The van der Waals surface area contributed by atoms with Gasteiger partial charge in [0.05, 0.1) is 13.3 Å². The Hall–Kier alpha value is -1.68. The van der Waals surface area contributed by atoms with E-state index in [-0.39, 0.29) is 5.97 Å². The minimum Gasteiger partial charge on any atom is -0.465 e. The Balaban J connectivity index is 2.40. The number of ether oxygens (including phenoxy) is 1. The van der Waals surface area contributed by atoms with Crippen LogP contribution in [-0.4, -0.2) is 18.1 Å². The highest BCUT2D eigenvalue weighted by atomic mass is 32.1. The lowest BCUT2D eigenvalue weighted by Crippen LogP contribution is -1.96. The van der Waals surface area contributed by atoms with Crippen LogP contribution in [0.4, 0.5) is 0 Å². The molecule has 0 fully saturated rings. The van der Waals surface area contributed by atoms with Crippen molar-refractivity contribution in [2.45, 2.75) is 13.8 Å². The Morgan fingerprint density at radius 1 is 1.24 bits per heavy atom. The zero-order valence-corrected chi connectivity index (χ0v) is 10.8. The summed E-state index contributed by atoms with van der Waals surface area (Å²) in [4.78, 5) is 16.1. The van der Waals surface area contributed by atoms with E-state index in [0.717, 1.165) is 10.6 Å². The van der Waals surface area contributed by atoms with Gasteiger partial charge in [-0.1, -0.05) is 17.2 Å². The number of rotatable bonds is 2. The molecule has 0 spiro atoms. The summed E-state index contributed by atoms with van der Waals surface area (Å²) < 4.78 is 4.66. The number of benzene rings is 1. The summed E-state index contributed by atoms with van der Waals surface area (Å²) in [6.07, 6.45) is 1.56. The molecule has 0 saturated heterocycles. The van der Waals surface area contributed by atoms with E-state index >= 15 is 0 Å². The van der Waals surface area contributed by atoms with Crippen molar-refractivity contribution in [1.29, 1.82) is 0 Å². The third kappa shape index (κ3) is 2.53. The Labute approximate surface area is 104 Å². The van der Waals surface area contributed by atoms with Gasteiger partial charge in [-0.25, -0.2) is 9.78 Å².